The number of piperidine rings is 1. The third-order valence-electron chi connectivity index (χ3n) is 4.39. The smallest absolute Gasteiger partial charge is 0.319 e. The fourth-order valence-electron chi connectivity index (χ4n) is 2.95. The van der Waals surface area contributed by atoms with Crippen LogP contribution in [0.2, 0.25) is 0 Å². The highest BCUT2D eigenvalue weighted by molar-refractivity contribution is 5.75. The van der Waals surface area contributed by atoms with E-state index < -0.39 is 5.97 Å². The minimum absolute atomic E-state index is 0.0352. The molecule has 0 bridgehead atoms. The lowest BCUT2D eigenvalue weighted by Gasteiger charge is -2.33. The molecule has 0 aromatic heterocycles. The summed E-state index contributed by atoms with van der Waals surface area (Å²) in [6, 6.07) is 0.0352. The Balaban J connectivity index is 1.71. The van der Waals surface area contributed by atoms with Gasteiger partial charge in [-0.3, -0.25) is 4.79 Å². The van der Waals surface area contributed by atoms with Crippen LogP contribution in [0.4, 0.5) is 4.79 Å². The van der Waals surface area contributed by atoms with Crippen molar-refractivity contribution in [1.82, 2.24) is 14.7 Å². The maximum Gasteiger partial charge on any atom is 0.319 e. The van der Waals surface area contributed by atoms with Crippen molar-refractivity contribution in [2.45, 2.75) is 25.7 Å². The number of aliphatic carboxylic acids is 1. The number of amides is 2. The van der Waals surface area contributed by atoms with E-state index >= 15 is 0 Å². The van der Waals surface area contributed by atoms with E-state index in [1.165, 1.54) is 12.8 Å². The number of hydrogen-bond donors (Lipinski definition) is 1. The molecule has 0 unspecified atom stereocenters. The molecule has 0 aromatic carbocycles. The van der Waals surface area contributed by atoms with Crippen LogP contribution in [0.5, 0.6) is 0 Å². The first kappa shape index (κ1) is 15.1. The van der Waals surface area contributed by atoms with Crippen LogP contribution in [0.25, 0.3) is 0 Å². The first-order chi connectivity index (χ1) is 9.58. The molecule has 20 heavy (non-hydrogen) atoms. The van der Waals surface area contributed by atoms with Crippen molar-refractivity contribution in [3.05, 3.63) is 0 Å². The average Bonchev–Trinajstić information content (AvgIpc) is 2.97. The lowest BCUT2D eigenvalue weighted by Crippen LogP contribution is -2.47. The van der Waals surface area contributed by atoms with E-state index in [4.69, 9.17) is 5.11 Å². The van der Waals surface area contributed by atoms with Crippen LogP contribution >= 0.6 is 0 Å². The van der Waals surface area contributed by atoms with E-state index in [2.05, 4.69) is 4.90 Å². The molecule has 0 radical (unpaired) electrons. The number of carbonyl (C=O) groups is 2. The van der Waals surface area contributed by atoms with Gasteiger partial charge in [0.05, 0.1) is 5.92 Å². The van der Waals surface area contributed by atoms with Crippen LogP contribution in [-0.2, 0) is 4.79 Å². The molecule has 2 rings (SSSR count). The zero-order valence-electron chi connectivity index (χ0n) is 12.3. The van der Waals surface area contributed by atoms with Crippen molar-refractivity contribution in [2.75, 3.05) is 46.3 Å². The van der Waals surface area contributed by atoms with Gasteiger partial charge in [-0.1, -0.05) is 0 Å². The largest absolute Gasteiger partial charge is 0.481 e. The predicted octanol–water partition coefficient (Wildman–Crippen LogP) is 0.931. The molecule has 114 valence electrons. The summed E-state index contributed by atoms with van der Waals surface area (Å²) < 4.78 is 0. The first-order valence-corrected chi connectivity index (χ1v) is 7.53. The monoisotopic (exact) mass is 283 g/mol. The third-order valence-corrected chi connectivity index (χ3v) is 4.39. The summed E-state index contributed by atoms with van der Waals surface area (Å²) in [5.74, 6) is -1.02. The van der Waals surface area contributed by atoms with Crippen LogP contribution < -0.4 is 0 Å². The second-order valence-corrected chi connectivity index (χ2v) is 5.85. The lowest BCUT2D eigenvalue weighted by atomic mass is 9.97. The average molecular weight is 283 g/mol. The SMILES string of the molecule is CN(CCN1CCCC1)C(=O)N1CCC(C(=O)O)CC1. The zero-order chi connectivity index (χ0) is 14.5. The fourth-order valence-corrected chi connectivity index (χ4v) is 2.95. The van der Waals surface area contributed by atoms with E-state index in [-0.39, 0.29) is 11.9 Å². The van der Waals surface area contributed by atoms with E-state index in [0.717, 1.165) is 26.2 Å². The van der Waals surface area contributed by atoms with Gasteiger partial charge in [0.15, 0.2) is 0 Å². The predicted molar refractivity (Wildman–Crippen MR) is 75.6 cm³/mol. The minimum atomic E-state index is -0.737. The normalized spacial score (nSPS) is 21.1. The standard InChI is InChI=1S/C14H25N3O3/c1-15(10-11-16-6-2-3-7-16)14(20)17-8-4-12(5-9-17)13(18)19/h12H,2-11H2,1H3,(H,18,19). The number of urea groups is 1. The number of hydrogen-bond acceptors (Lipinski definition) is 3. The number of rotatable bonds is 4. The summed E-state index contributed by atoms with van der Waals surface area (Å²) in [4.78, 5) is 29.1. The van der Waals surface area contributed by atoms with Crippen molar-refractivity contribution in [1.29, 1.82) is 0 Å². The van der Waals surface area contributed by atoms with Crippen LogP contribution in [0, 0.1) is 5.92 Å². The number of nitrogens with zero attached hydrogens (tertiary/aromatic N) is 3. The van der Waals surface area contributed by atoms with Gasteiger partial charge in [0.25, 0.3) is 0 Å². The Morgan fingerprint density at radius 2 is 1.75 bits per heavy atom. The molecular formula is C14H25N3O3. The van der Waals surface area contributed by atoms with Gasteiger partial charge in [-0.15, -0.1) is 0 Å². The molecule has 2 amide bonds. The van der Waals surface area contributed by atoms with Crippen molar-refractivity contribution < 1.29 is 14.7 Å². The second-order valence-electron chi connectivity index (χ2n) is 5.85. The number of likely N-dealkylation sites (tertiary alicyclic amines) is 2. The van der Waals surface area contributed by atoms with Crippen molar-refractivity contribution in [2.24, 2.45) is 5.92 Å². The van der Waals surface area contributed by atoms with Crippen molar-refractivity contribution in [3.8, 4) is 0 Å². The van der Waals surface area contributed by atoms with Gasteiger partial charge in [0, 0.05) is 33.2 Å². The Labute approximate surface area is 120 Å². The highest BCUT2D eigenvalue weighted by atomic mass is 16.4. The Morgan fingerprint density at radius 3 is 2.30 bits per heavy atom. The zero-order valence-corrected chi connectivity index (χ0v) is 12.3. The molecule has 2 saturated heterocycles. The lowest BCUT2D eigenvalue weighted by molar-refractivity contribution is -0.143. The Morgan fingerprint density at radius 1 is 1.15 bits per heavy atom. The van der Waals surface area contributed by atoms with Gasteiger partial charge in [0.2, 0.25) is 0 Å². The summed E-state index contributed by atoms with van der Waals surface area (Å²) >= 11 is 0. The second kappa shape index (κ2) is 6.92. The molecular weight excluding hydrogens is 258 g/mol. The van der Waals surface area contributed by atoms with Gasteiger partial charge in [-0.05, 0) is 38.8 Å². The van der Waals surface area contributed by atoms with Gasteiger partial charge in [-0.25, -0.2) is 4.79 Å². The summed E-state index contributed by atoms with van der Waals surface area (Å²) in [6.45, 7) is 5.09. The highest BCUT2D eigenvalue weighted by Crippen LogP contribution is 2.18. The molecule has 1 N–H and O–H groups in total. The quantitative estimate of drug-likeness (QED) is 0.833. The van der Waals surface area contributed by atoms with Gasteiger partial charge in [0.1, 0.15) is 0 Å². The van der Waals surface area contributed by atoms with Crippen LogP contribution in [0.15, 0.2) is 0 Å². The Kier molecular flexibility index (Phi) is 5.23. The van der Waals surface area contributed by atoms with Crippen molar-refractivity contribution in [3.63, 3.8) is 0 Å². The fraction of sp³-hybridized carbons (Fsp3) is 0.857. The molecule has 0 aliphatic carbocycles. The Bertz CT molecular complexity index is 348. The van der Waals surface area contributed by atoms with Gasteiger partial charge < -0.3 is 19.8 Å². The van der Waals surface area contributed by atoms with E-state index in [1.807, 2.05) is 7.05 Å². The number of carboxylic acids is 1. The highest BCUT2D eigenvalue weighted by Gasteiger charge is 2.28. The summed E-state index contributed by atoms with van der Waals surface area (Å²) in [6.07, 6.45) is 3.67. The van der Waals surface area contributed by atoms with Crippen LogP contribution in [-0.4, -0.2) is 78.1 Å². The first-order valence-electron chi connectivity index (χ1n) is 7.53. The maximum absolute atomic E-state index is 12.3. The van der Waals surface area contributed by atoms with Crippen LogP contribution in [0.3, 0.4) is 0 Å². The molecule has 0 spiro atoms. The number of carboxylic acid groups (broad SMARTS) is 1. The minimum Gasteiger partial charge on any atom is -0.481 e. The number of carbonyl (C=O) groups excluding carboxylic acids is 1. The van der Waals surface area contributed by atoms with E-state index in [1.54, 1.807) is 9.80 Å². The summed E-state index contributed by atoms with van der Waals surface area (Å²) in [5.41, 5.74) is 0. The molecule has 0 aromatic rings. The maximum atomic E-state index is 12.3. The topological polar surface area (TPSA) is 64.1 Å². The van der Waals surface area contributed by atoms with Crippen molar-refractivity contribution >= 4 is 12.0 Å². The number of likely N-dealkylation sites (N-methyl/N-ethyl adjacent to an activating group) is 1. The molecule has 2 heterocycles. The van der Waals surface area contributed by atoms with Gasteiger partial charge in [-0.2, -0.15) is 0 Å². The van der Waals surface area contributed by atoms with Gasteiger partial charge >= 0.3 is 12.0 Å². The molecule has 6 heteroatoms. The Hall–Kier alpha value is -1.30. The molecule has 2 fully saturated rings. The summed E-state index contributed by atoms with van der Waals surface area (Å²) in [7, 11) is 1.84. The molecule has 2 aliphatic heterocycles. The molecule has 2 aliphatic rings. The molecule has 6 nitrogen and oxygen atoms in total. The summed E-state index contributed by atoms with van der Waals surface area (Å²) in [5, 5.41) is 8.96. The molecule has 0 atom stereocenters. The van der Waals surface area contributed by atoms with E-state index in [9.17, 15) is 9.59 Å². The van der Waals surface area contributed by atoms with Crippen LogP contribution in [0.1, 0.15) is 25.7 Å². The molecule has 0 saturated carbocycles. The third kappa shape index (κ3) is 3.85. The van der Waals surface area contributed by atoms with E-state index in [0.29, 0.717) is 25.9 Å².